The Morgan fingerprint density at radius 1 is 0.889 bits per heavy atom. The zero-order valence-corrected chi connectivity index (χ0v) is 5.69. The first-order valence-corrected chi connectivity index (χ1v) is 3.93. The molecule has 2 unspecified atom stereocenters. The molecule has 1 aliphatic heterocycles. The summed E-state index contributed by atoms with van der Waals surface area (Å²) in [6, 6.07) is 1.65. The van der Waals surface area contributed by atoms with Crippen molar-refractivity contribution in [3.8, 4) is 0 Å². The highest BCUT2D eigenvalue weighted by Gasteiger charge is 2.36. The molecule has 1 saturated heterocycles. The molecule has 0 aromatic carbocycles. The second-order valence-electron chi connectivity index (χ2n) is 3.06. The van der Waals surface area contributed by atoms with Crippen LogP contribution in [0.1, 0.15) is 19.3 Å². The van der Waals surface area contributed by atoms with E-state index in [1.165, 1.54) is 32.4 Å². The van der Waals surface area contributed by atoms with Crippen LogP contribution in [0, 0.1) is 0 Å². The topological polar surface area (TPSA) is 24.1 Å². The Balaban J connectivity index is 1.81. The molecule has 0 spiro atoms. The number of hydrogen-bond acceptors (Lipinski definition) is 2. The molecule has 2 heteroatoms. The van der Waals surface area contributed by atoms with E-state index in [-0.39, 0.29) is 0 Å². The molecule has 1 aliphatic carbocycles. The standard InChI is InChI=1S/C7H14N2/c1-2-4-9-7-5-6(7)8-3-1/h6-9H,1-5H2. The highest BCUT2D eigenvalue weighted by molar-refractivity contribution is 5.00. The van der Waals surface area contributed by atoms with Gasteiger partial charge in [-0.05, 0) is 32.4 Å². The minimum atomic E-state index is 0.824. The highest BCUT2D eigenvalue weighted by Crippen LogP contribution is 2.21. The molecule has 2 atom stereocenters. The molecular formula is C7H14N2. The molecule has 2 rings (SSSR count). The van der Waals surface area contributed by atoms with E-state index in [0.29, 0.717) is 0 Å². The van der Waals surface area contributed by atoms with Crippen LogP contribution in [0.2, 0.25) is 0 Å². The predicted octanol–water partition coefficient (Wildman–Crippen LogP) is 0.100. The molecule has 52 valence electrons. The van der Waals surface area contributed by atoms with Crippen molar-refractivity contribution in [3.05, 3.63) is 0 Å². The summed E-state index contributed by atoms with van der Waals surface area (Å²) in [4.78, 5) is 0. The third-order valence-electron chi connectivity index (χ3n) is 2.21. The summed E-state index contributed by atoms with van der Waals surface area (Å²) in [5.41, 5.74) is 0. The quantitative estimate of drug-likeness (QED) is 0.481. The van der Waals surface area contributed by atoms with E-state index >= 15 is 0 Å². The summed E-state index contributed by atoms with van der Waals surface area (Å²) in [5, 5.41) is 6.99. The van der Waals surface area contributed by atoms with Gasteiger partial charge in [0.15, 0.2) is 0 Å². The van der Waals surface area contributed by atoms with Gasteiger partial charge in [0.05, 0.1) is 0 Å². The third-order valence-corrected chi connectivity index (χ3v) is 2.21. The van der Waals surface area contributed by atoms with Crippen molar-refractivity contribution in [3.63, 3.8) is 0 Å². The second-order valence-corrected chi connectivity index (χ2v) is 3.06. The molecule has 0 amide bonds. The Labute approximate surface area is 56.0 Å². The minimum absolute atomic E-state index is 0.824. The number of fused-ring (bicyclic) bond motifs is 1. The first-order valence-electron chi connectivity index (χ1n) is 3.93. The Kier molecular flexibility index (Phi) is 1.44. The van der Waals surface area contributed by atoms with E-state index in [4.69, 9.17) is 0 Å². The van der Waals surface area contributed by atoms with E-state index in [1.807, 2.05) is 0 Å². The maximum absolute atomic E-state index is 3.50. The molecule has 2 nitrogen and oxygen atoms in total. The summed E-state index contributed by atoms with van der Waals surface area (Å²) in [6.07, 6.45) is 4.05. The molecule has 0 aromatic rings. The fraction of sp³-hybridized carbons (Fsp3) is 1.00. The lowest BCUT2D eigenvalue weighted by Crippen LogP contribution is -2.31. The number of hydrogen-bond donors (Lipinski definition) is 2. The Morgan fingerprint density at radius 2 is 1.44 bits per heavy atom. The summed E-state index contributed by atoms with van der Waals surface area (Å²) >= 11 is 0. The number of nitrogens with one attached hydrogen (secondary N) is 2. The summed E-state index contributed by atoms with van der Waals surface area (Å²) < 4.78 is 0. The van der Waals surface area contributed by atoms with Crippen molar-refractivity contribution in [1.82, 2.24) is 10.6 Å². The monoisotopic (exact) mass is 126 g/mol. The Hall–Kier alpha value is -0.0800. The molecule has 2 fully saturated rings. The maximum Gasteiger partial charge on any atom is 0.0237 e. The van der Waals surface area contributed by atoms with Gasteiger partial charge in [-0.2, -0.15) is 0 Å². The van der Waals surface area contributed by atoms with Gasteiger partial charge in [-0.1, -0.05) is 0 Å². The van der Waals surface area contributed by atoms with Crippen LogP contribution >= 0.6 is 0 Å². The molecule has 9 heavy (non-hydrogen) atoms. The summed E-state index contributed by atoms with van der Waals surface area (Å²) in [5.74, 6) is 0. The van der Waals surface area contributed by atoms with E-state index < -0.39 is 0 Å². The molecule has 1 heterocycles. The van der Waals surface area contributed by atoms with Crippen LogP contribution in [0.4, 0.5) is 0 Å². The van der Waals surface area contributed by atoms with Crippen molar-refractivity contribution in [1.29, 1.82) is 0 Å². The van der Waals surface area contributed by atoms with Crippen LogP contribution in [0.25, 0.3) is 0 Å². The Bertz CT molecular complexity index is 91.1. The lowest BCUT2D eigenvalue weighted by Gasteiger charge is -2.09. The molecular weight excluding hydrogens is 112 g/mol. The lowest BCUT2D eigenvalue weighted by atomic mass is 10.3. The fourth-order valence-electron chi connectivity index (χ4n) is 1.47. The van der Waals surface area contributed by atoms with Crippen molar-refractivity contribution < 1.29 is 0 Å². The fourth-order valence-corrected chi connectivity index (χ4v) is 1.47. The van der Waals surface area contributed by atoms with Gasteiger partial charge in [0, 0.05) is 12.1 Å². The largest absolute Gasteiger partial charge is 0.312 e. The van der Waals surface area contributed by atoms with Gasteiger partial charge in [0.2, 0.25) is 0 Å². The van der Waals surface area contributed by atoms with Crippen molar-refractivity contribution in [2.24, 2.45) is 0 Å². The van der Waals surface area contributed by atoms with Gasteiger partial charge < -0.3 is 10.6 Å². The van der Waals surface area contributed by atoms with Gasteiger partial charge in [-0.3, -0.25) is 0 Å². The van der Waals surface area contributed by atoms with Gasteiger partial charge in [0.25, 0.3) is 0 Å². The zero-order valence-electron chi connectivity index (χ0n) is 5.69. The van der Waals surface area contributed by atoms with Crippen LogP contribution in [-0.2, 0) is 0 Å². The average Bonchev–Trinajstić information content (AvgIpc) is 2.46. The predicted molar refractivity (Wildman–Crippen MR) is 37.4 cm³/mol. The summed E-state index contributed by atoms with van der Waals surface area (Å²) in [6.45, 7) is 2.48. The van der Waals surface area contributed by atoms with Crippen molar-refractivity contribution in [2.75, 3.05) is 13.1 Å². The average molecular weight is 126 g/mol. The third kappa shape index (κ3) is 1.25. The summed E-state index contributed by atoms with van der Waals surface area (Å²) in [7, 11) is 0. The van der Waals surface area contributed by atoms with Crippen molar-refractivity contribution >= 4 is 0 Å². The van der Waals surface area contributed by atoms with Crippen LogP contribution in [0.3, 0.4) is 0 Å². The maximum atomic E-state index is 3.50. The lowest BCUT2D eigenvalue weighted by molar-refractivity contribution is 0.523. The van der Waals surface area contributed by atoms with Gasteiger partial charge in [-0.15, -0.1) is 0 Å². The second kappa shape index (κ2) is 2.27. The first-order chi connectivity index (χ1) is 4.47. The van der Waals surface area contributed by atoms with Gasteiger partial charge in [-0.25, -0.2) is 0 Å². The molecule has 0 radical (unpaired) electrons. The van der Waals surface area contributed by atoms with E-state index in [2.05, 4.69) is 10.6 Å². The van der Waals surface area contributed by atoms with E-state index in [9.17, 15) is 0 Å². The molecule has 0 bridgehead atoms. The molecule has 1 saturated carbocycles. The van der Waals surface area contributed by atoms with Crippen LogP contribution in [-0.4, -0.2) is 25.2 Å². The minimum Gasteiger partial charge on any atom is -0.312 e. The first kappa shape index (κ1) is 5.69. The molecule has 0 aromatic heterocycles. The zero-order chi connectivity index (χ0) is 6.10. The molecule has 2 aliphatic rings. The van der Waals surface area contributed by atoms with E-state index in [0.717, 1.165) is 12.1 Å². The van der Waals surface area contributed by atoms with Crippen LogP contribution < -0.4 is 10.6 Å². The van der Waals surface area contributed by atoms with E-state index in [1.54, 1.807) is 0 Å². The SMILES string of the molecule is C1CCNC2CC2NC1. The van der Waals surface area contributed by atoms with Crippen molar-refractivity contribution in [2.45, 2.75) is 31.3 Å². The van der Waals surface area contributed by atoms with Crippen LogP contribution in [0.5, 0.6) is 0 Å². The highest BCUT2D eigenvalue weighted by atomic mass is 15.1. The normalized spacial score (nSPS) is 42.7. The smallest absolute Gasteiger partial charge is 0.0237 e. The van der Waals surface area contributed by atoms with Gasteiger partial charge >= 0.3 is 0 Å². The van der Waals surface area contributed by atoms with Gasteiger partial charge in [0.1, 0.15) is 0 Å². The Morgan fingerprint density at radius 3 is 2.00 bits per heavy atom. The molecule has 2 N–H and O–H groups in total. The van der Waals surface area contributed by atoms with Crippen LogP contribution in [0.15, 0.2) is 0 Å². The number of rotatable bonds is 0.